The summed E-state index contributed by atoms with van der Waals surface area (Å²) in [6.45, 7) is 2.95. The topological polar surface area (TPSA) is 72.5 Å². The van der Waals surface area contributed by atoms with E-state index in [1.165, 1.54) is 25.7 Å². The number of morpholine rings is 1. The average Bonchev–Trinajstić information content (AvgIpc) is 3.44. The van der Waals surface area contributed by atoms with Crippen LogP contribution in [-0.2, 0) is 18.3 Å². The normalized spacial score (nSPS) is 21.0. The summed E-state index contributed by atoms with van der Waals surface area (Å²) in [5.41, 5.74) is 2.16. The third kappa shape index (κ3) is 4.86. The van der Waals surface area contributed by atoms with E-state index in [1.54, 1.807) is 0 Å². The van der Waals surface area contributed by atoms with E-state index < -0.39 is 0 Å². The van der Waals surface area contributed by atoms with Gasteiger partial charge in [-0.2, -0.15) is 10.2 Å². The number of ether oxygens (including phenoxy) is 1. The average molecular weight is 499 g/mol. The van der Waals surface area contributed by atoms with Gasteiger partial charge in [0.25, 0.3) is 0 Å². The summed E-state index contributed by atoms with van der Waals surface area (Å²) >= 11 is 0. The van der Waals surface area contributed by atoms with Gasteiger partial charge in [0.05, 0.1) is 37.6 Å². The van der Waals surface area contributed by atoms with Gasteiger partial charge < -0.3 is 15.0 Å². The molecule has 8 nitrogen and oxygen atoms in total. The molecular weight excluding hydrogens is 469 g/mol. The molecule has 0 spiro atoms. The lowest BCUT2D eigenvalue weighted by Gasteiger charge is -2.34. The van der Waals surface area contributed by atoms with Gasteiger partial charge in [-0.3, -0.25) is 14.4 Å². The van der Waals surface area contributed by atoms with Gasteiger partial charge in [-0.15, -0.1) is 24.0 Å². The van der Waals surface area contributed by atoms with Gasteiger partial charge >= 0.3 is 0 Å². The van der Waals surface area contributed by atoms with Crippen molar-refractivity contribution in [2.45, 2.75) is 44.4 Å². The maximum absolute atomic E-state index is 5.93. The van der Waals surface area contributed by atoms with E-state index in [1.807, 2.05) is 31.2 Å². The summed E-state index contributed by atoms with van der Waals surface area (Å²) in [5, 5.41) is 12.5. The van der Waals surface area contributed by atoms with Crippen molar-refractivity contribution >= 4 is 29.9 Å². The molecule has 1 saturated heterocycles. The molecule has 154 valence electrons. The lowest BCUT2D eigenvalue weighted by atomic mass is 10.1. The number of aliphatic imine (C=N–C) groups is 1. The van der Waals surface area contributed by atoms with Crippen LogP contribution in [0.15, 0.2) is 29.6 Å². The molecule has 0 amide bonds. The lowest BCUT2D eigenvalue weighted by molar-refractivity contribution is -0.00805. The third-order valence-corrected chi connectivity index (χ3v) is 5.46. The maximum Gasteiger partial charge on any atom is 0.194 e. The first kappa shape index (κ1) is 21.1. The van der Waals surface area contributed by atoms with Gasteiger partial charge in [-0.05, 0) is 18.9 Å². The molecule has 1 unspecified atom stereocenters. The summed E-state index contributed by atoms with van der Waals surface area (Å²) in [6.07, 6.45) is 11.2. The SMILES string of the molecule is CN=C(NCc1ccn(C2CCCC2)n1)N1CCOC(c2cnn(C)c2)C1.I. The molecule has 28 heavy (non-hydrogen) atoms. The Morgan fingerprint density at radius 1 is 1.36 bits per heavy atom. The maximum atomic E-state index is 5.93. The van der Waals surface area contributed by atoms with Gasteiger partial charge in [0.1, 0.15) is 6.10 Å². The molecule has 2 fully saturated rings. The van der Waals surface area contributed by atoms with Gasteiger partial charge in [-0.25, -0.2) is 0 Å². The number of halogens is 1. The van der Waals surface area contributed by atoms with Crippen molar-refractivity contribution < 1.29 is 4.74 Å². The van der Waals surface area contributed by atoms with Crippen molar-refractivity contribution in [1.82, 2.24) is 29.8 Å². The Morgan fingerprint density at radius 2 is 2.18 bits per heavy atom. The highest BCUT2D eigenvalue weighted by atomic mass is 127. The van der Waals surface area contributed by atoms with Crippen LogP contribution in [0.4, 0.5) is 0 Å². The highest BCUT2D eigenvalue weighted by molar-refractivity contribution is 14.0. The molecule has 4 rings (SSSR count). The van der Waals surface area contributed by atoms with Crippen molar-refractivity contribution in [1.29, 1.82) is 0 Å². The van der Waals surface area contributed by atoms with Crippen LogP contribution < -0.4 is 5.32 Å². The highest BCUT2D eigenvalue weighted by Crippen LogP contribution is 2.28. The van der Waals surface area contributed by atoms with E-state index >= 15 is 0 Å². The number of guanidine groups is 1. The molecule has 0 radical (unpaired) electrons. The van der Waals surface area contributed by atoms with Crippen LogP contribution in [0.25, 0.3) is 0 Å². The second-order valence-electron chi connectivity index (χ2n) is 7.38. The largest absolute Gasteiger partial charge is 0.370 e. The zero-order valence-electron chi connectivity index (χ0n) is 16.6. The van der Waals surface area contributed by atoms with Gasteiger partial charge in [-0.1, -0.05) is 12.8 Å². The van der Waals surface area contributed by atoms with Crippen LogP contribution in [0, 0.1) is 0 Å². The Balaban J connectivity index is 0.00000225. The number of hydrogen-bond donors (Lipinski definition) is 1. The Bertz CT molecular complexity index is 781. The predicted molar refractivity (Wildman–Crippen MR) is 119 cm³/mol. The van der Waals surface area contributed by atoms with Gasteiger partial charge in [0.2, 0.25) is 0 Å². The molecule has 0 aromatic carbocycles. The molecular formula is C19H30IN7O. The minimum Gasteiger partial charge on any atom is -0.370 e. The van der Waals surface area contributed by atoms with Crippen LogP contribution in [0.2, 0.25) is 0 Å². The fraction of sp³-hybridized carbons (Fsp3) is 0.632. The predicted octanol–water partition coefficient (Wildman–Crippen LogP) is 2.50. The second-order valence-corrected chi connectivity index (χ2v) is 7.38. The number of nitrogens with one attached hydrogen (secondary N) is 1. The molecule has 2 aromatic rings. The standard InChI is InChI=1S/C19H29N7O.HI/c1-20-19(21-12-16-7-8-26(23-16)17-5-3-4-6-17)25-9-10-27-18(14-25)15-11-22-24(2)13-15;/h7-8,11,13,17-18H,3-6,9-10,12,14H2,1-2H3,(H,20,21);1H. The molecule has 2 aromatic heterocycles. The van der Waals surface area contributed by atoms with Crippen LogP contribution in [-0.4, -0.2) is 57.2 Å². The van der Waals surface area contributed by atoms with Crippen molar-refractivity contribution in [3.63, 3.8) is 0 Å². The molecule has 1 aliphatic heterocycles. The third-order valence-electron chi connectivity index (χ3n) is 5.46. The Kier molecular flexibility index (Phi) is 7.33. The van der Waals surface area contributed by atoms with E-state index in [2.05, 4.69) is 37.3 Å². The summed E-state index contributed by atoms with van der Waals surface area (Å²) in [4.78, 5) is 6.71. The molecule has 9 heteroatoms. The van der Waals surface area contributed by atoms with E-state index in [0.29, 0.717) is 19.2 Å². The van der Waals surface area contributed by atoms with Crippen molar-refractivity contribution in [2.24, 2.45) is 12.0 Å². The molecule has 1 N–H and O–H groups in total. The Morgan fingerprint density at radius 3 is 2.89 bits per heavy atom. The Hall–Kier alpha value is -1.62. The fourth-order valence-corrected chi connectivity index (χ4v) is 4.00. The van der Waals surface area contributed by atoms with Crippen molar-refractivity contribution in [2.75, 3.05) is 26.7 Å². The highest BCUT2D eigenvalue weighted by Gasteiger charge is 2.25. The number of rotatable bonds is 4. The lowest BCUT2D eigenvalue weighted by Crippen LogP contribution is -2.47. The number of nitrogens with zero attached hydrogens (tertiary/aromatic N) is 6. The molecule has 1 saturated carbocycles. The van der Waals surface area contributed by atoms with Crippen LogP contribution in [0.3, 0.4) is 0 Å². The monoisotopic (exact) mass is 499 g/mol. The molecule has 2 aliphatic rings. The first-order valence-electron chi connectivity index (χ1n) is 9.82. The molecule has 3 heterocycles. The quantitative estimate of drug-likeness (QED) is 0.398. The van der Waals surface area contributed by atoms with Gasteiger partial charge in [0.15, 0.2) is 5.96 Å². The van der Waals surface area contributed by atoms with E-state index in [9.17, 15) is 0 Å². The van der Waals surface area contributed by atoms with Crippen LogP contribution >= 0.6 is 24.0 Å². The zero-order chi connectivity index (χ0) is 18.6. The zero-order valence-corrected chi connectivity index (χ0v) is 19.0. The van der Waals surface area contributed by atoms with Gasteiger partial charge in [0, 0.05) is 38.6 Å². The number of hydrogen-bond acceptors (Lipinski definition) is 4. The van der Waals surface area contributed by atoms with E-state index in [0.717, 1.165) is 30.3 Å². The number of aromatic nitrogens is 4. The Labute approximate surface area is 183 Å². The molecule has 1 atom stereocenters. The molecule has 1 aliphatic carbocycles. The van der Waals surface area contributed by atoms with Crippen LogP contribution in [0.1, 0.15) is 49.1 Å². The fourth-order valence-electron chi connectivity index (χ4n) is 4.00. The summed E-state index contributed by atoms with van der Waals surface area (Å²) in [7, 11) is 3.75. The van der Waals surface area contributed by atoms with Crippen molar-refractivity contribution in [3.8, 4) is 0 Å². The summed E-state index contributed by atoms with van der Waals surface area (Å²) in [5.74, 6) is 0.891. The molecule has 0 bridgehead atoms. The summed E-state index contributed by atoms with van der Waals surface area (Å²) < 4.78 is 9.88. The minimum absolute atomic E-state index is 0. The van der Waals surface area contributed by atoms with Crippen molar-refractivity contribution in [3.05, 3.63) is 35.9 Å². The smallest absolute Gasteiger partial charge is 0.194 e. The summed E-state index contributed by atoms with van der Waals surface area (Å²) in [6, 6.07) is 2.69. The first-order chi connectivity index (χ1) is 13.2. The van der Waals surface area contributed by atoms with E-state index in [-0.39, 0.29) is 30.1 Å². The minimum atomic E-state index is 0. The number of aryl methyl sites for hydroxylation is 1. The van der Waals surface area contributed by atoms with Crippen LogP contribution in [0.5, 0.6) is 0 Å². The first-order valence-corrected chi connectivity index (χ1v) is 9.82. The second kappa shape index (κ2) is 9.73. The van der Waals surface area contributed by atoms with E-state index in [4.69, 9.17) is 9.84 Å².